The van der Waals surface area contributed by atoms with Crippen molar-refractivity contribution in [2.45, 2.75) is 13.5 Å². The fraction of sp³-hybridized carbons (Fsp3) is 0.214. The first-order valence-electron chi connectivity index (χ1n) is 6.22. The summed E-state index contributed by atoms with van der Waals surface area (Å²) in [5.41, 5.74) is 2.66. The molecule has 0 radical (unpaired) electrons. The Labute approximate surface area is 115 Å². The molecule has 3 rings (SSSR count). The molecule has 0 atom stereocenters. The molecular formula is C14H14N4O2. The quantitative estimate of drug-likeness (QED) is 0.782. The highest BCUT2D eigenvalue weighted by Gasteiger charge is 2.09. The van der Waals surface area contributed by atoms with Crippen molar-refractivity contribution in [1.82, 2.24) is 19.7 Å². The number of hydrogen-bond donors (Lipinski definition) is 1. The summed E-state index contributed by atoms with van der Waals surface area (Å²) in [6.45, 7) is 2.30. The molecule has 0 unspecified atom stereocenters. The molecule has 0 saturated carbocycles. The van der Waals surface area contributed by atoms with Gasteiger partial charge in [0.1, 0.15) is 11.3 Å². The number of benzene rings is 1. The molecule has 102 valence electrons. The van der Waals surface area contributed by atoms with E-state index in [0.717, 1.165) is 17.0 Å². The second kappa shape index (κ2) is 4.80. The third-order valence-corrected chi connectivity index (χ3v) is 3.22. The van der Waals surface area contributed by atoms with Gasteiger partial charge in [0.05, 0.1) is 25.7 Å². The van der Waals surface area contributed by atoms with E-state index < -0.39 is 0 Å². The van der Waals surface area contributed by atoms with E-state index in [-0.39, 0.29) is 5.56 Å². The summed E-state index contributed by atoms with van der Waals surface area (Å²) in [7, 11) is 1.62. The van der Waals surface area contributed by atoms with Gasteiger partial charge in [-0.3, -0.25) is 14.5 Å². The number of aromatic amines is 1. The number of ether oxygens (including phenoxy) is 1. The number of methoxy groups -OCH3 is 1. The van der Waals surface area contributed by atoms with Crippen LogP contribution in [0.4, 0.5) is 0 Å². The average Bonchev–Trinajstić information content (AvgIpc) is 2.85. The Morgan fingerprint density at radius 2 is 2.00 bits per heavy atom. The minimum Gasteiger partial charge on any atom is -0.497 e. The monoisotopic (exact) mass is 270 g/mol. The van der Waals surface area contributed by atoms with Gasteiger partial charge in [-0.2, -0.15) is 5.10 Å². The first-order valence-corrected chi connectivity index (χ1v) is 6.22. The van der Waals surface area contributed by atoms with Crippen molar-refractivity contribution in [1.29, 1.82) is 0 Å². The number of rotatable bonds is 3. The lowest BCUT2D eigenvalue weighted by Gasteiger charge is -2.06. The molecule has 20 heavy (non-hydrogen) atoms. The number of fused-ring (bicyclic) bond motifs is 1. The van der Waals surface area contributed by atoms with Gasteiger partial charge in [-0.05, 0) is 24.6 Å². The maximum atomic E-state index is 12.3. The predicted octanol–water partition coefficient (Wildman–Crippen LogP) is 1.48. The first-order chi connectivity index (χ1) is 9.69. The van der Waals surface area contributed by atoms with Crippen LogP contribution >= 0.6 is 0 Å². The molecule has 1 N–H and O–H groups in total. The summed E-state index contributed by atoms with van der Waals surface area (Å²) >= 11 is 0. The van der Waals surface area contributed by atoms with E-state index in [1.54, 1.807) is 18.0 Å². The number of hydrogen-bond acceptors (Lipinski definition) is 4. The van der Waals surface area contributed by atoms with Gasteiger partial charge in [-0.15, -0.1) is 0 Å². The number of H-pyrrole nitrogens is 1. The lowest BCUT2D eigenvalue weighted by atomic mass is 10.2. The summed E-state index contributed by atoms with van der Waals surface area (Å²) in [5.74, 6) is 0.789. The van der Waals surface area contributed by atoms with Gasteiger partial charge in [0.15, 0.2) is 5.52 Å². The smallest absolute Gasteiger partial charge is 0.282 e. The summed E-state index contributed by atoms with van der Waals surface area (Å²) in [4.78, 5) is 16.6. The van der Waals surface area contributed by atoms with Gasteiger partial charge in [0.25, 0.3) is 5.56 Å². The van der Waals surface area contributed by atoms with Gasteiger partial charge in [0, 0.05) is 0 Å². The number of nitrogens with zero attached hydrogens (tertiary/aromatic N) is 3. The van der Waals surface area contributed by atoms with Crippen LogP contribution in [0.1, 0.15) is 11.3 Å². The molecule has 3 aromatic rings. The first kappa shape index (κ1) is 12.4. The summed E-state index contributed by atoms with van der Waals surface area (Å²) in [5, 5.41) is 6.79. The van der Waals surface area contributed by atoms with Gasteiger partial charge >= 0.3 is 0 Å². The van der Waals surface area contributed by atoms with Crippen LogP contribution in [0.15, 0.2) is 35.4 Å². The average molecular weight is 270 g/mol. The van der Waals surface area contributed by atoms with Crippen molar-refractivity contribution in [3.8, 4) is 5.75 Å². The standard InChI is InChI=1S/C14H14N4O2/c1-9-12-13(17-16-9)14(19)18(8-15-12)7-10-3-5-11(20-2)6-4-10/h3-6,8H,7H2,1-2H3,(H,16,17). The lowest BCUT2D eigenvalue weighted by Crippen LogP contribution is -2.21. The second-order valence-corrected chi connectivity index (χ2v) is 4.57. The maximum absolute atomic E-state index is 12.3. The topological polar surface area (TPSA) is 72.8 Å². The molecule has 6 heteroatoms. The fourth-order valence-electron chi connectivity index (χ4n) is 2.09. The molecule has 2 aromatic heterocycles. The summed E-state index contributed by atoms with van der Waals surface area (Å²) in [6, 6.07) is 7.58. The zero-order valence-corrected chi connectivity index (χ0v) is 11.3. The summed E-state index contributed by atoms with van der Waals surface area (Å²) in [6.07, 6.45) is 1.55. The van der Waals surface area contributed by atoms with Gasteiger partial charge in [0.2, 0.25) is 0 Å². The van der Waals surface area contributed by atoms with E-state index in [1.807, 2.05) is 31.2 Å². The molecule has 0 aliphatic carbocycles. The largest absolute Gasteiger partial charge is 0.497 e. The molecule has 0 saturated heterocycles. The van der Waals surface area contributed by atoms with Crippen LogP contribution < -0.4 is 10.3 Å². The number of aryl methyl sites for hydroxylation is 1. The van der Waals surface area contributed by atoms with Crippen LogP contribution in [0.3, 0.4) is 0 Å². The molecule has 0 fully saturated rings. The van der Waals surface area contributed by atoms with E-state index in [0.29, 0.717) is 17.6 Å². The van der Waals surface area contributed by atoms with E-state index in [1.165, 1.54) is 0 Å². The third-order valence-electron chi connectivity index (χ3n) is 3.22. The highest BCUT2D eigenvalue weighted by Crippen LogP contribution is 2.12. The minimum atomic E-state index is -0.143. The van der Waals surface area contributed by atoms with Crippen molar-refractivity contribution in [2.24, 2.45) is 0 Å². The molecular weight excluding hydrogens is 256 g/mol. The van der Waals surface area contributed by atoms with Crippen LogP contribution in [0.25, 0.3) is 11.0 Å². The highest BCUT2D eigenvalue weighted by atomic mass is 16.5. The van der Waals surface area contributed by atoms with Crippen molar-refractivity contribution < 1.29 is 4.74 Å². The molecule has 0 aliphatic rings. The second-order valence-electron chi connectivity index (χ2n) is 4.57. The van der Waals surface area contributed by atoms with Crippen LogP contribution in [-0.2, 0) is 6.54 Å². The zero-order valence-electron chi connectivity index (χ0n) is 11.3. The van der Waals surface area contributed by atoms with E-state index >= 15 is 0 Å². The van der Waals surface area contributed by atoms with E-state index in [9.17, 15) is 4.79 Å². The molecule has 0 amide bonds. The van der Waals surface area contributed by atoms with Gasteiger partial charge < -0.3 is 4.74 Å². The Morgan fingerprint density at radius 1 is 1.25 bits per heavy atom. The van der Waals surface area contributed by atoms with E-state index in [2.05, 4.69) is 15.2 Å². The Kier molecular flexibility index (Phi) is 2.98. The number of nitrogens with one attached hydrogen (secondary N) is 1. The highest BCUT2D eigenvalue weighted by molar-refractivity contribution is 5.75. The maximum Gasteiger partial charge on any atom is 0.282 e. The van der Waals surface area contributed by atoms with Crippen molar-refractivity contribution >= 4 is 11.0 Å². The lowest BCUT2D eigenvalue weighted by molar-refractivity contribution is 0.414. The van der Waals surface area contributed by atoms with Crippen LogP contribution in [0.2, 0.25) is 0 Å². The Hall–Kier alpha value is -2.63. The number of aromatic nitrogens is 4. The third kappa shape index (κ3) is 2.05. The summed E-state index contributed by atoms with van der Waals surface area (Å²) < 4.78 is 6.65. The molecule has 6 nitrogen and oxygen atoms in total. The fourth-order valence-corrected chi connectivity index (χ4v) is 2.09. The Balaban J connectivity index is 1.97. The molecule has 0 spiro atoms. The molecule has 2 heterocycles. The van der Waals surface area contributed by atoms with Gasteiger partial charge in [-0.25, -0.2) is 4.98 Å². The SMILES string of the molecule is COc1ccc(Cn2cnc3c(C)[nH]nc3c2=O)cc1. The van der Waals surface area contributed by atoms with Gasteiger partial charge in [-0.1, -0.05) is 12.1 Å². The predicted molar refractivity (Wildman–Crippen MR) is 75.0 cm³/mol. The Morgan fingerprint density at radius 3 is 2.70 bits per heavy atom. The van der Waals surface area contributed by atoms with Crippen molar-refractivity contribution in [3.05, 3.63) is 52.2 Å². The normalized spacial score (nSPS) is 10.9. The molecule has 1 aromatic carbocycles. The van der Waals surface area contributed by atoms with Crippen LogP contribution in [0, 0.1) is 6.92 Å². The van der Waals surface area contributed by atoms with Crippen LogP contribution in [-0.4, -0.2) is 26.9 Å². The van der Waals surface area contributed by atoms with Crippen molar-refractivity contribution in [2.75, 3.05) is 7.11 Å². The van der Waals surface area contributed by atoms with E-state index in [4.69, 9.17) is 4.74 Å². The minimum absolute atomic E-state index is 0.143. The molecule has 0 bridgehead atoms. The molecule has 0 aliphatic heterocycles. The van der Waals surface area contributed by atoms with Crippen molar-refractivity contribution in [3.63, 3.8) is 0 Å². The zero-order chi connectivity index (χ0) is 14.1. The Bertz CT molecular complexity index is 802. The van der Waals surface area contributed by atoms with Crippen LogP contribution in [0.5, 0.6) is 5.75 Å².